The van der Waals surface area contributed by atoms with E-state index in [1.165, 1.54) is 0 Å². The molecule has 3 aromatic rings. The maximum absolute atomic E-state index is 11.7. The molecule has 2 N–H and O–H groups in total. The van der Waals surface area contributed by atoms with E-state index in [0.717, 1.165) is 52.5 Å². The van der Waals surface area contributed by atoms with Crippen molar-refractivity contribution in [1.29, 1.82) is 0 Å². The Kier molecular flexibility index (Phi) is 6.11. The first-order valence-electron chi connectivity index (χ1n) is 10.6. The van der Waals surface area contributed by atoms with Gasteiger partial charge in [-0.1, -0.05) is 0 Å². The number of rotatable bonds is 5. The van der Waals surface area contributed by atoms with Gasteiger partial charge in [-0.2, -0.15) is 0 Å². The van der Waals surface area contributed by atoms with Gasteiger partial charge in [0.1, 0.15) is 0 Å². The lowest BCUT2D eigenvalue weighted by atomic mass is 9.96. The Labute approximate surface area is 187 Å². The predicted octanol–water partition coefficient (Wildman–Crippen LogP) is 2.21. The normalized spacial score (nSPS) is 13.8. The van der Waals surface area contributed by atoms with Crippen molar-refractivity contribution in [3.8, 4) is 22.5 Å². The van der Waals surface area contributed by atoms with Crippen LogP contribution in [0.1, 0.15) is 18.2 Å². The van der Waals surface area contributed by atoms with Crippen LogP contribution in [-0.4, -0.2) is 57.8 Å². The highest BCUT2D eigenvalue weighted by Crippen LogP contribution is 2.33. The molecule has 0 radical (unpaired) electrons. The highest BCUT2D eigenvalue weighted by atomic mass is 16.2. The summed E-state index contributed by atoms with van der Waals surface area (Å²) in [6, 6.07) is 9.65. The smallest absolute Gasteiger partial charge is 0.221 e. The van der Waals surface area contributed by atoms with Crippen LogP contribution in [0.3, 0.4) is 0 Å². The van der Waals surface area contributed by atoms with E-state index in [4.69, 9.17) is 10.7 Å². The van der Waals surface area contributed by atoms with Gasteiger partial charge in [0.2, 0.25) is 11.8 Å². The first kappa shape index (κ1) is 21.4. The molecule has 1 aliphatic rings. The molecule has 32 heavy (non-hydrogen) atoms. The number of anilines is 1. The third-order valence-electron chi connectivity index (χ3n) is 5.67. The van der Waals surface area contributed by atoms with E-state index < -0.39 is 5.91 Å². The minimum Gasteiger partial charge on any atom is -0.369 e. The maximum atomic E-state index is 11.7. The number of nitrogens with two attached hydrogens (primary N) is 1. The van der Waals surface area contributed by atoms with E-state index in [-0.39, 0.29) is 12.3 Å². The summed E-state index contributed by atoms with van der Waals surface area (Å²) in [6.07, 6.45) is 5.37. The molecule has 1 fully saturated rings. The zero-order chi connectivity index (χ0) is 22.7. The lowest BCUT2D eigenvalue weighted by molar-refractivity contribution is -0.129. The van der Waals surface area contributed by atoms with Gasteiger partial charge < -0.3 is 15.5 Å². The third-order valence-corrected chi connectivity index (χ3v) is 5.67. The van der Waals surface area contributed by atoms with E-state index in [2.05, 4.69) is 14.9 Å². The van der Waals surface area contributed by atoms with Crippen LogP contribution in [0.15, 0.2) is 48.9 Å². The van der Waals surface area contributed by atoms with Crippen LogP contribution < -0.4 is 10.6 Å². The molecular weight excluding hydrogens is 404 g/mol. The molecule has 1 saturated heterocycles. The van der Waals surface area contributed by atoms with Gasteiger partial charge in [-0.25, -0.2) is 0 Å². The van der Waals surface area contributed by atoms with E-state index in [1.807, 2.05) is 48.4 Å². The number of carbonyl (C=O) groups excluding carboxylic acids is 2. The molecule has 8 heteroatoms. The van der Waals surface area contributed by atoms with Gasteiger partial charge in [0, 0.05) is 62.3 Å². The number of aromatic nitrogens is 3. The molecule has 2 amide bonds. The Bertz CT molecular complexity index is 1140. The Morgan fingerprint density at radius 2 is 1.75 bits per heavy atom. The fraction of sp³-hybridized carbons (Fsp3) is 0.292. The summed E-state index contributed by atoms with van der Waals surface area (Å²) in [5.41, 5.74) is 11.3. The highest BCUT2D eigenvalue weighted by molar-refractivity contribution is 5.86. The summed E-state index contributed by atoms with van der Waals surface area (Å²) in [5.74, 6) is -0.301. The molecule has 0 aliphatic carbocycles. The largest absolute Gasteiger partial charge is 0.369 e. The molecule has 0 bridgehead atoms. The van der Waals surface area contributed by atoms with Gasteiger partial charge in [-0.15, -0.1) is 0 Å². The molecule has 0 atom stereocenters. The topological polar surface area (TPSA) is 105 Å². The molecule has 0 spiro atoms. The van der Waals surface area contributed by atoms with E-state index in [0.29, 0.717) is 13.1 Å². The van der Waals surface area contributed by atoms with Crippen LogP contribution in [-0.2, 0) is 16.0 Å². The average Bonchev–Trinajstić information content (AvgIpc) is 2.79. The van der Waals surface area contributed by atoms with Crippen molar-refractivity contribution in [2.45, 2.75) is 20.3 Å². The molecule has 0 unspecified atom stereocenters. The number of hydrogen-bond donors (Lipinski definition) is 1. The number of aryl methyl sites for hydroxylation is 1. The van der Waals surface area contributed by atoms with Gasteiger partial charge in [-0.3, -0.25) is 24.5 Å². The van der Waals surface area contributed by atoms with Gasteiger partial charge in [0.15, 0.2) is 0 Å². The van der Waals surface area contributed by atoms with E-state index in [9.17, 15) is 9.59 Å². The first-order chi connectivity index (χ1) is 15.4. The second kappa shape index (κ2) is 9.13. The van der Waals surface area contributed by atoms with Crippen LogP contribution in [0, 0.1) is 6.92 Å². The summed E-state index contributed by atoms with van der Waals surface area (Å²) in [4.78, 5) is 41.0. The summed E-state index contributed by atoms with van der Waals surface area (Å²) >= 11 is 0. The van der Waals surface area contributed by atoms with Crippen molar-refractivity contribution in [3.05, 3.63) is 60.2 Å². The number of carbonyl (C=O) groups is 2. The molecule has 0 saturated carbocycles. The molecule has 164 valence electrons. The number of nitrogens with zero attached hydrogens (tertiary/aromatic N) is 5. The van der Waals surface area contributed by atoms with Crippen molar-refractivity contribution in [2.24, 2.45) is 5.73 Å². The van der Waals surface area contributed by atoms with Crippen LogP contribution in [0.2, 0.25) is 0 Å². The minimum absolute atomic E-state index is 0.103. The van der Waals surface area contributed by atoms with Crippen LogP contribution >= 0.6 is 0 Å². The second-order valence-electron chi connectivity index (χ2n) is 7.92. The summed E-state index contributed by atoms with van der Waals surface area (Å²) in [5, 5.41) is 0. The highest BCUT2D eigenvalue weighted by Gasteiger charge is 2.20. The Balaban J connectivity index is 1.69. The third kappa shape index (κ3) is 4.59. The SMILES string of the molecule is CC(=O)N1CCN(c2ccc(-c3c(CC(N)=O)ccnc3-c3ccnc(C)c3)nc2)CC1. The van der Waals surface area contributed by atoms with Crippen molar-refractivity contribution >= 4 is 17.5 Å². The van der Waals surface area contributed by atoms with Crippen LogP contribution in [0.5, 0.6) is 0 Å². The van der Waals surface area contributed by atoms with Crippen molar-refractivity contribution in [3.63, 3.8) is 0 Å². The number of primary amides is 1. The van der Waals surface area contributed by atoms with Crippen molar-refractivity contribution < 1.29 is 9.59 Å². The van der Waals surface area contributed by atoms with Gasteiger partial charge in [0.05, 0.1) is 29.7 Å². The van der Waals surface area contributed by atoms with Crippen LogP contribution in [0.4, 0.5) is 5.69 Å². The van der Waals surface area contributed by atoms with Gasteiger partial charge in [-0.05, 0) is 42.8 Å². The van der Waals surface area contributed by atoms with Gasteiger partial charge >= 0.3 is 0 Å². The van der Waals surface area contributed by atoms with Crippen molar-refractivity contribution in [2.75, 3.05) is 31.1 Å². The lowest BCUT2D eigenvalue weighted by Gasteiger charge is -2.35. The van der Waals surface area contributed by atoms with Gasteiger partial charge in [0.25, 0.3) is 0 Å². The Morgan fingerprint density at radius 1 is 1.00 bits per heavy atom. The fourth-order valence-electron chi connectivity index (χ4n) is 4.03. The molecule has 3 aromatic heterocycles. The Hall–Kier alpha value is -3.81. The number of amides is 2. The molecule has 1 aliphatic heterocycles. The second-order valence-corrected chi connectivity index (χ2v) is 7.92. The number of hydrogen-bond acceptors (Lipinski definition) is 6. The maximum Gasteiger partial charge on any atom is 0.221 e. The van der Waals surface area contributed by atoms with E-state index in [1.54, 1.807) is 19.3 Å². The lowest BCUT2D eigenvalue weighted by Crippen LogP contribution is -2.48. The summed E-state index contributed by atoms with van der Waals surface area (Å²) in [7, 11) is 0. The van der Waals surface area contributed by atoms with Crippen molar-refractivity contribution in [1.82, 2.24) is 19.9 Å². The standard InChI is InChI=1S/C24H26N6O2/c1-16-13-19(6-7-26-16)24-23(18(5-8-27-24)14-22(25)32)21-4-3-20(15-28-21)30-11-9-29(10-12-30)17(2)31/h3-8,13,15H,9-12,14H2,1-2H3,(H2,25,32). The number of piperazine rings is 1. The minimum atomic E-state index is -0.408. The fourth-order valence-corrected chi connectivity index (χ4v) is 4.03. The zero-order valence-electron chi connectivity index (χ0n) is 18.3. The summed E-state index contributed by atoms with van der Waals surface area (Å²) in [6.45, 7) is 6.46. The predicted molar refractivity (Wildman–Crippen MR) is 123 cm³/mol. The zero-order valence-corrected chi connectivity index (χ0v) is 18.3. The quantitative estimate of drug-likeness (QED) is 0.665. The monoisotopic (exact) mass is 430 g/mol. The Morgan fingerprint density at radius 3 is 2.38 bits per heavy atom. The average molecular weight is 431 g/mol. The summed E-state index contributed by atoms with van der Waals surface area (Å²) < 4.78 is 0. The van der Waals surface area contributed by atoms with Crippen LogP contribution in [0.25, 0.3) is 22.5 Å². The first-order valence-corrected chi connectivity index (χ1v) is 10.6. The molecule has 4 heterocycles. The molecule has 4 rings (SSSR count). The molecule has 8 nitrogen and oxygen atoms in total. The molecular formula is C24H26N6O2. The number of pyridine rings is 3. The molecule has 0 aromatic carbocycles. The van der Waals surface area contributed by atoms with E-state index >= 15 is 0 Å².